The van der Waals surface area contributed by atoms with Gasteiger partial charge in [0.1, 0.15) is 5.01 Å². The van der Waals surface area contributed by atoms with E-state index in [1.54, 1.807) is 11.3 Å². The van der Waals surface area contributed by atoms with Gasteiger partial charge in [0.2, 0.25) is 0 Å². The van der Waals surface area contributed by atoms with E-state index < -0.39 is 0 Å². The van der Waals surface area contributed by atoms with E-state index in [-0.39, 0.29) is 5.54 Å². The summed E-state index contributed by atoms with van der Waals surface area (Å²) in [6.07, 6.45) is 4.13. The molecule has 13 heavy (non-hydrogen) atoms. The number of nitrogens with zero attached hydrogens (tertiary/aromatic N) is 1. The van der Waals surface area contributed by atoms with Crippen molar-refractivity contribution in [1.82, 2.24) is 10.3 Å². The van der Waals surface area contributed by atoms with Crippen LogP contribution in [0.4, 0.5) is 0 Å². The Morgan fingerprint density at radius 3 is 2.77 bits per heavy atom. The van der Waals surface area contributed by atoms with Gasteiger partial charge in [0.15, 0.2) is 0 Å². The first-order chi connectivity index (χ1) is 6.23. The molecule has 1 aromatic heterocycles. The predicted octanol–water partition coefficient (Wildman–Crippen LogP) is 2.77. The molecule has 2 nitrogen and oxygen atoms in total. The van der Waals surface area contributed by atoms with E-state index in [0.717, 1.165) is 13.0 Å². The summed E-state index contributed by atoms with van der Waals surface area (Å²) >= 11 is 1.73. The van der Waals surface area contributed by atoms with Gasteiger partial charge in [0.05, 0.1) is 5.54 Å². The lowest BCUT2D eigenvalue weighted by Gasteiger charge is -2.27. The summed E-state index contributed by atoms with van der Waals surface area (Å²) in [5.41, 5.74) is 0.0736. The number of hydrogen-bond donors (Lipinski definition) is 1. The van der Waals surface area contributed by atoms with Gasteiger partial charge in [-0.05, 0) is 26.3 Å². The summed E-state index contributed by atoms with van der Waals surface area (Å²) in [4.78, 5) is 4.37. The third-order valence-corrected chi connectivity index (χ3v) is 3.41. The van der Waals surface area contributed by atoms with Crippen LogP contribution in [0, 0.1) is 0 Å². The summed E-state index contributed by atoms with van der Waals surface area (Å²) in [6.45, 7) is 7.67. The van der Waals surface area contributed by atoms with E-state index in [1.165, 1.54) is 11.4 Å². The smallest absolute Gasteiger partial charge is 0.112 e. The fourth-order valence-corrected chi connectivity index (χ4v) is 2.10. The number of hydrogen-bond acceptors (Lipinski definition) is 3. The summed E-state index contributed by atoms with van der Waals surface area (Å²) in [5.74, 6) is 0. The van der Waals surface area contributed by atoms with Crippen LogP contribution < -0.4 is 5.32 Å². The van der Waals surface area contributed by atoms with Crippen molar-refractivity contribution in [3.63, 3.8) is 0 Å². The molecular weight excluding hydrogens is 180 g/mol. The summed E-state index contributed by atoms with van der Waals surface area (Å²) < 4.78 is 0. The van der Waals surface area contributed by atoms with Gasteiger partial charge in [0.25, 0.3) is 0 Å². The molecule has 0 amide bonds. The summed E-state index contributed by atoms with van der Waals surface area (Å²) in [6, 6.07) is 0. The molecule has 74 valence electrons. The molecule has 1 atom stereocenters. The second kappa shape index (κ2) is 4.72. The van der Waals surface area contributed by atoms with E-state index >= 15 is 0 Å². The fraction of sp³-hybridized carbons (Fsp3) is 0.700. The van der Waals surface area contributed by atoms with Gasteiger partial charge in [-0.25, -0.2) is 4.98 Å². The minimum atomic E-state index is 0.0736. The maximum Gasteiger partial charge on any atom is 0.112 e. The zero-order valence-corrected chi connectivity index (χ0v) is 9.45. The number of aromatic nitrogens is 1. The molecule has 1 N–H and O–H groups in total. The Labute approximate surface area is 84.4 Å². The second-order valence-corrected chi connectivity index (χ2v) is 4.34. The highest BCUT2D eigenvalue weighted by molar-refractivity contribution is 7.09. The van der Waals surface area contributed by atoms with Crippen molar-refractivity contribution in [3.05, 3.63) is 16.6 Å². The van der Waals surface area contributed by atoms with Gasteiger partial charge >= 0.3 is 0 Å². The average molecular weight is 198 g/mol. The Bertz CT molecular complexity index is 233. The number of nitrogens with one attached hydrogen (secondary N) is 1. The molecule has 0 saturated carbocycles. The number of thiazole rings is 1. The third kappa shape index (κ3) is 2.51. The van der Waals surface area contributed by atoms with Gasteiger partial charge in [-0.3, -0.25) is 0 Å². The molecular formula is C10H18N2S. The molecule has 3 heteroatoms. The van der Waals surface area contributed by atoms with Gasteiger partial charge in [-0.15, -0.1) is 11.3 Å². The van der Waals surface area contributed by atoms with Crippen molar-refractivity contribution in [2.75, 3.05) is 6.54 Å². The van der Waals surface area contributed by atoms with E-state index in [9.17, 15) is 0 Å². The predicted molar refractivity (Wildman–Crippen MR) is 58.1 cm³/mol. The molecule has 0 radical (unpaired) electrons. The molecule has 1 heterocycles. The van der Waals surface area contributed by atoms with Crippen LogP contribution in [0.25, 0.3) is 0 Å². The maximum absolute atomic E-state index is 4.37. The Hall–Kier alpha value is -0.410. The molecule has 1 aromatic rings. The van der Waals surface area contributed by atoms with Crippen LogP contribution in [0.2, 0.25) is 0 Å². The zero-order chi connectivity index (χ0) is 9.73. The monoisotopic (exact) mass is 198 g/mol. The Morgan fingerprint density at radius 1 is 1.54 bits per heavy atom. The molecule has 0 fully saturated rings. The largest absolute Gasteiger partial charge is 0.306 e. The van der Waals surface area contributed by atoms with E-state index in [2.05, 4.69) is 31.1 Å². The molecule has 0 aliphatic heterocycles. The van der Waals surface area contributed by atoms with E-state index in [1.807, 2.05) is 11.6 Å². The van der Waals surface area contributed by atoms with Crippen LogP contribution in [0.15, 0.2) is 11.6 Å². The minimum absolute atomic E-state index is 0.0736. The SMILES string of the molecule is CCCNC(C)(CC)c1nccs1. The Morgan fingerprint density at radius 2 is 2.31 bits per heavy atom. The number of rotatable bonds is 5. The van der Waals surface area contributed by atoms with Gasteiger partial charge in [-0.2, -0.15) is 0 Å². The topological polar surface area (TPSA) is 24.9 Å². The average Bonchev–Trinajstić information content (AvgIpc) is 2.67. The first-order valence-electron chi connectivity index (χ1n) is 4.88. The second-order valence-electron chi connectivity index (χ2n) is 3.45. The first kappa shape index (κ1) is 10.7. The lowest BCUT2D eigenvalue weighted by Crippen LogP contribution is -2.39. The fourth-order valence-electron chi connectivity index (χ4n) is 1.25. The van der Waals surface area contributed by atoms with Crippen LogP contribution in [0.1, 0.15) is 38.6 Å². The molecule has 0 aliphatic carbocycles. The highest BCUT2D eigenvalue weighted by Gasteiger charge is 2.25. The summed E-state index contributed by atoms with van der Waals surface area (Å²) in [7, 11) is 0. The van der Waals surface area contributed by atoms with Crippen molar-refractivity contribution in [3.8, 4) is 0 Å². The Balaban J connectivity index is 2.69. The quantitative estimate of drug-likeness (QED) is 0.787. The highest BCUT2D eigenvalue weighted by atomic mass is 32.1. The minimum Gasteiger partial charge on any atom is -0.306 e. The Kier molecular flexibility index (Phi) is 3.88. The van der Waals surface area contributed by atoms with Crippen LogP contribution in [-0.2, 0) is 5.54 Å². The standard InChI is InChI=1S/C10H18N2S/c1-4-6-12-10(3,5-2)9-11-7-8-13-9/h7-8,12H,4-6H2,1-3H3. The van der Waals surface area contributed by atoms with Crippen LogP contribution in [0.3, 0.4) is 0 Å². The normalized spacial score (nSPS) is 15.6. The van der Waals surface area contributed by atoms with Gasteiger partial charge in [0, 0.05) is 11.6 Å². The third-order valence-electron chi connectivity index (χ3n) is 2.38. The van der Waals surface area contributed by atoms with E-state index in [0.29, 0.717) is 0 Å². The van der Waals surface area contributed by atoms with Crippen LogP contribution >= 0.6 is 11.3 Å². The lowest BCUT2D eigenvalue weighted by molar-refractivity contribution is 0.353. The van der Waals surface area contributed by atoms with Crippen molar-refractivity contribution < 1.29 is 0 Å². The molecule has 0 saturated heterocycles. The van der Waals surface area contributed by atoms with Crippen LogP contribution in [-0.4, -0.2) is 11.5 Å². The van der Waals surface area contributed by atoms with Crippen molar-refractivity contribution in [2.45, 2.75) is 39.2 Å². The first-order valence-corrected chi connectivity index (χ1v) is 5.76. The van der Waals surface area contributed by atoms with Crippen molar-refractivity contribution in [1.29, 1.82) is 0 Å². The maximum atomic E-state index is 4.37. The molecule has 1 unspecified atom stereocenters. The van der Waals surface area contributed by atoms with Gasteiger partial charge < -0.3 is 5.32 Å². The molecule has 0 bridgehead atoms. The van der Waals surface area contributed by atoms with Crippen molar-refractivity contribution in [2.24, 2.45) is 0 Å². The highest BCUT2D eigenvalue weighted by Crippen LogP contribution is 2.25. The molecule has 0 aliphatic rings. The zero-order valence-electron chi connectivity index (χ0n) is 8.63. The van der Waals surface area contributed by atoms with Crippen molar-refractivity contribution >= 4 is 11.3 Å². The molecule has 0 aromatic carbocycles. The van der Waals surface area contributed by atoms with Gasteiger partial charge in [-0.1, -0.05) is 13.8 Å². The molecule has 0 spiro atoms. The summed E-state index contributed by atoms with van der Waals surface area (Å²) in [5, 5.41) is 6.78. The van der Waals surface area contributed by atoms with E-state index in [4.69, 9.17) is 0 Å². The van der Waals surface area contributed by atoms with Crippen LogP contribution in [0.5, 0.6) is 0 Å². The molecule has 1 rings (SSSR count). The lowest BCUT2D eigenvalue weighted by atomic mass is 10.00.